The van der Waals surface area contributed by atoms with Crippen molar-refractivity contribution in [1.82, 2.24) is 10.2 Å². The molecule has 1 aromatic rings. The van der Waals surface area contributed by atoms with E-state index in [1.54, 1.807) is 0 Å². The third-order valence-electron chi connectivity index (χ3n) is 2.45. The summed E-state index contributed by atoms with van der Waals surface area (Å²) < 4.78 is 6.56. The molecular weight excluding hydrogens is 264 g/mol. The molecular formula is C9H13BrN2OS. The highest BCUT2D eigenvalue weighted by Gasteiger charge is 2.15. The quantitative estimate of drug-likeness (QED) is 0.777. The van der Waals surface area contributed by atoms with Crippen LogP contribution in [0.1, 0.15) is 38.5 Å². The maximum atomic E-state index is 5.77. The van der Waals surface area contributed by atoms with Crippen molar-refractivity contribution in [3.8, 4) is 5.19 Å². The van der Waals surface area contributed by atoms with Crippen molar-refractivity contribution < 1.29 is 4.74 Å². The Morgan fingerprint density at radius 1 is 1.14 bits per heavy atom. The molecule has 1 aliphatic carbocycles. The molecule has 1 saturated carbocycles. The first-order chi connectivity index (χ1) is 6.84. The fraction of sp³-hybridized carbons (Fsp3) is 0.778. The van der Waals surface area contributed by atoms with Gasteiger partial charge in [0.15, 0.2) is 3.92 Å². The van der Waals surface area contributed by atoms with Gasteiger partial charge in [0.1, 0.15) is 6.10 Å². The smallest absolute Gasteiger partial charge is 0.295 e. The van der Waals surface area contributed by atoms with Gasteiger partial charge in [-0.2, -0.15) is 0 Å². The van der Waals surface area contributed by atoms with E-state index in [4.69, 9.17) is 4.74 Å². The maximum Gasteiger partial charge on any atom is 0.295 e. The molecule has 0 amide bonds. The molecule has 5 heteroatoms. The van der Waals surface area contributed by atoms with Crippen LogP contribution >= 0.6 is 27.3 Å². The van der Waals surface area contributed by atoms with E-state index >= 15 is 0 Å². The Hall–Kier alpha value is -0.160. The SMILES string of the molecule is Brc1nnc(OC2CCCCCC2)s1. The number of hydrogen-bond acceptors (Lipinski definition) is 4. The van der Waals surface area contributed by atoms with Crippen LogP contribution in [-0.2, 0) is 0 Å². The molecule has 2 rings (SSSR count). The average molecular weight is 277 g/mol. The second-order valence-electron chi connectivity index (χ2n) is 3.55. The van der Waals surface area contributed by atoms with E-state index in [2.05, 4.69) is 26.1 Å². The minimum absolute atomic E-state index is 0.359. The fourth-order valence-corrected chi connectivity index (χ4v) is 2.73. The Balaban J connectivity index is 1.89. The van der Waals surface area contributed by atoms with Gasteiger partial charge >= 0.3 is 0 Å². The Kier molecular flexibility index (Phi) is 3.75. The van der Waals surface area contributed by atoms with E-state index in [0.717, 1.165) is 16.8 Å². The third kappa shape index (κ3) is 2.92. The largest absolute Gasteiger partial charge is 0.466 e. The van der Waals surface area contributed by atoms with Crippen molar-refractivity contribution in [1.29, 1.82) is 0 Å². The molecule has 0 aromatic carbocycles. The van der Waals surface area contributed by atoms with Gasteiger partial charge < -0.3 is 4.74 Å². The highest BCUT2D eigenvalue weighted by Crippen LogP contribution is 2.27. The molecule has 0 N–H and O–H groups in total. The van der Waals surface area contributed by atoms with Gasteiger partial charge in [0.05, 0.1) is 0 Å². The van der Waals surface area contributed by atoms with Gasteiger partial charge in [-0.3, -0.25) is 0 Å². The summed E-state index contributed by atoms with van der Waals surface area (Å²) in [6.45, 7) is 0. The zero-order valence-electron chi connectivity index (χ0n) is 7.91. The lowest BCUT2D eigenvalue weighted by Gasteiger charge is -2.13. The first-order valence-corrected chi connectivity index (χ1v) is 6.61. The van der Waals surface area contributed by atoms with Crippen molar-refractivity contribution in [3.63, 3.8) is 0 Å². The minimum atomic E-state index is 0.359. The molecule has 1 aromatic heterocycles. The summed E-state index contributed by atoms with van der Waals surface area (Å²) in [5.41, 5.74) is 0. The van der Waals surface area contributed by atoms with Crippen LogP contribution in [0.5, 0.6) is 5.19 Å². The van der Waals surface area contributed by atoms with E-state index in [0.29, 0.717) is 11.3 Å². The molecule has 78 valence electrons. The second kappa shape index (κ2) is 5.07. The van der Waals surface area contributed by atoms with Gasteiger partial charge in [0.2, 0.25) is 0 Å². The minimum Gasteiger partial charge on any atom is -0.466 e. The molecule has 0 spiro atoms. The van der Waals surface area contributed by atoms with Crippen molar-refractivity contribution in [2.45, 2.75) is 44.6 Å². The molecule has 3 nitrogen and oxygen atoms in total. The normalized spacial score (nSPS) is 19.2. The fourth-order valence-electron chi connectivity index (χ4n) is 1.74. The summed E-state index contributed by atoms with van der Waals surface area (Å²) in [6.07, 6.45) is 7.94. The average Bonchev–Trinajstić information content (AvgIpc) is 2.43. The summed E-state index contributed by atoms with van der Waals surface area (Å²) in [7, 11) is 0. The lowest BCUT2D eigenvalue weighted by atomic mass is 10.2. The first-order valence-electron chi connectivity index (χ1n) is 5.00. The molecule has 0 atom stereocenters. The van der Waals surface area contributed by atoms with Crippen molar-refractivity contribution in [2.75, 3.05) is 0 Å². The highest BCUT2D eigenvalue weighted by atomic mass is 79.9. The molecule has 0 aliphatic heterocycles. The van der Waals surface area contributed by atoms with E-state index < -0.39 is 0 Å². The molecule has 1 fully saturated rings. The third-order valence-corrected chi connectivity index (χ3v) is 3.70. The van der Waals surface area contributed by atoms with Crippen molar-refractivity contribution >= 4 is 27.3 Å². The second-order valence-corrected chi connectivity index (χ2v) is 5.77. The molecule has 0 saturated heterocycles. The van der Waals surface area contributed by atoms with Crippen LogP contribution in [0.3, 0.4) is 0 Å². The van der Waals surface area contributed by atoms with E-state index in [1.165, 1.54) is 37.0 Å². The van der Waals surface area contributed by atoms with Crippen LogP contribution in [0.4, 0.5) is 0 Å². The zero-order valence-corrected chi connectivity index (χ0v) is 10.3. The molecule has 1 aliphatic rings. The Bertz CT molecular complexity index is 284. The topological polar surface area (TPSA) is 35.0 Å². The summed E-state index contributed by atoms with van der Waals surface area (Å²) in [6, 6.07) is 0. The van der Waals surface area contributed by atoms with Gasteiger partial charge in [0.25, 0.3) is 5.19 Å². The molecule has 0 bridgehead atoms. The van der Waals surface area contributed by atoms with Crippen molar-refractivity contribution in [3.05, 3.63) is 3.92 Å². The zero-order chi connectivity index (χ0) is 9.80. The summed E-state index contributed by atoms with van der Waals surface area (Å²) in [4.78, 5) is 0. The summed E-state index contributed by atoms with van der Waals surface area (Å²) in [5, 5.41) is 8.50. The van der Waals surface area contributed by atoms with E-state index in [9.17, 15) is 0 Å². The Labute approximate surface area is 96.0 Å². The van der Waals surface area contributed by atoms with Crippen LogP contribution in [0.15, 0.2) is 3.92 Å². The number of aromatic nitrogens is 2. The predicted octanol–water partition coefficient (Wildman–Crippen LogP) is 3.40. The maximum absolute atomic E-state index is 5.77. The van der Waals surface area contributed by atoms with Gasteiger partial charge in [-0.05, 0) is 53.0 Å². The van der Waals surface area contributed by atoms with E-state index in [1.807, 2.05) is 0 Å². The number of rotatable bonds is 2. The van der Waals surface area contributed by atoms with Crippen LogP contribution in [0.25, 0.3) is 0 Å². The lowest BCUT2D eigenvalue weighted by molar-refractivity contribution is 0.181. The van der Waals surface area contributed by atoms with Crippen LogP contribution in [-0.4, -0.2) is 16.3 Å². The van der Waals surface area contributed by atoms with Gasteiger partial charge in [-0.25, -0.2) is 0 Å². The number of nitrogens with zero attached hydrogens (tertiary/aromatic N) is 2. The number of hydrogen-bond donors (Lipinski definition) is 0. The van der Waals surface area contributed by atoms with Crippen LogP contribution < -0.4 is 4.74 Å². The Morgan fingerprint density at radius 3 is 2.43 bits per heavy atom. The highest BCUT2D eigenvalue weighted by molar-refractivity contribution is 9.11. The van der Waals surface area contributed by atoms with Crippen molar-refractivity contribution in [2.24, 2.45) is 0 Å². The summed E-state index contributed by atoms with van der Waals surface area (Å²) >= 11 is 4.74. The van der Waals surface area contributed by atoms with Gasteiger partial charge in [0, 0.05) is 0 Å². The van der Waals surface area contributed by atoms with Gasteiger partial charge in [-0.1, -0.05) is 17.9 Å². The van der Waals surface area contributed by atoms with Crippen LogP contribution in [0.2, 0.25) is 0 Å². The van der Waals surface area contributed by atoms with E-state index in [-0.39, 0.29) is 0 Å². The monoisotopic (exact) mass is 276 g/mol. The van der Waals surface area contributed by atoms with Crippen LogP contribution in [0, 0.1) is 0 Å². The lowest BCUT2D eigenvalue weighted by Crippen LogP contribution is -2.14. The molecule has 0 unspecified atom stereocenters. The molecule has 1 heterocycles. The number of ether oxygens (including phenoxy) is 1. The predicted molar refractivity (Wildman–Crippen MR) is 59.7 cm³/mol. The standard InChI is InChI=1S/C9H13BrN2OS/c10-8-11-12-9(14-8)13-7-5-3-1-2-4-6-7/h7H,1-6H2. The van der Waals surface area contributed by atoms with Gasteiger partial charge in [-0.15, -0.1) is 5.10 Å². The first kappa shape index (κ1) is 10.4. The summed E-state index contributed by atoms with van der Waals surface area (Å²) in [5.74, 6) is 0. The Morgan fingerprint density at radius 2 is 1.86 bits per heavy atom. The number of halogens is 1. The molecule has 14 heavy (non-hydrogen) atoms. The molecule has 0 radical (unpaired) electrons.